The van der Waals surface area contributed by atoms with Crippen molar-refractivity contribution in [1.29, 1.82) is 0 Å². The van der Waals surface area contributed by atoms with Gasteiger partial charge in [-0.05, 0) is 43.9 Å². The highest BCUT2D eigenvalue weighted by molar-refractivity contribution is 6.08. The van der Waals surface area contributed by atoms with Crippen LogP contribution in [0.4, 0.5) is 5.69 Å². The third kappa shape index (κ3) is 2.79. The second-order valence-electron chi connectivity index (χ2n) is 6.21. The summed E-state index contributed by atoms with van der Waals surface area (Å²) in [6, 6.07) is 5.65. The van der Waals surface area contributed by atoms with E-state index < -0.39 is 0 Å². The summed E-state index contributed by atoms with van der Waals surface area (Å²) >= 11 is 0. The van der Waals surface area contributed by atoms with Gasteiger partial charge >= 0.3 is 0 Å². The fraction of sp³-hybridized carbons (Fsp3) is 0.389. The first-order valence-electron chi connectivity index (χ1n) is 7.85. The summed E-state index contributed by atoms with van der Waals surface area (Å²) in [6.45, 7) is 3.69. The molecule has 1 aromatic carbocycles. The van der Waals surface area contributed by atoms with Crippen LogP contribution < -0.4 is 5.32 Å². The molecule has 0 radical (unpaired) electrons. The molecular weight excluding hydrogens is 292 g/mol. The Morgan fingerprint density at radius 2 is 1.74 bits per heavy atom. The summed E-state index contributed by atoms with van der Waals surface area (Å²) in [7, 11) is 0. The van der Waals surface area contributed by atoms with E-state index in [1.54, 1.807) is 0 Å². The number of carbonyl (C=O) groups is 3. The number of rotatable bonds is 3. The molecule has 1 saturated heterocycles. The number of allylic oxidation sites excluding steroid dienone is 2. The lowest BCUT2D eigenvalue weighted by atomic mass is 9.85. The SMILES string of the molecule is Cc1cccc(NC(=O)CN2C(=O)[C@H]3CC=CC[C@@H]3C2=O)c1C. The van der Waals surface area contributed by atoms with Gasteiger partial charge in [0.05, 0.1) is 11.8 Å². The fourth-order valence-electron chi connectivity index (χ4n) is 3.24. The van der Waals surface area contributed by atoms with Crippen LogP contribution in [0.15, 0.2) is 30.4 Å². The van der Waals surface area contributed by atoms with Crippen LogP contribution in [0, 0.1) is 25.7 Å². The van der Waals surface area contributed by atoms with Gasteiger partial charge in [-0.15, -0.1) is 0 Å². The molecule has 5 heteroatoms. The van der Waals surface area contributed by atoms with Gasteiger partial charge in [0, 0.05) is 5.69 Å². The fourth-order valence-corrected chi connectivity index (χ4v) is 3.24. The van der Waals surface area contributed by atoms with Gasteiger partial charge in [0.15, 0.2) is 0 Å². The topological polar surface area (TPSA) is 66.5 Å². The third-order valence-corrected chi connectivity index (χ3v) is 4.78. The summed E-state index contributed by atoms with van der Waals surface area (Å²) in [5, 5.41) is 2.80. The van der Waals surface area contributed by atoms with E-state index in [1.165, 1.54) is 0 Å². The Morgan fingerprint density at radius 3 is 2.35 bits per heavy atom. The van der Waals surface area contributed by atoms with Crippen molar-refractivity contribution >= 4 is 23.4 Å². The Kier molecular flexibility index (Phi) is 4.03. The number of hydrogen-bond acceptors (Lipinski definition) is 3. The first-order chi connectivity index (χ1) is 11.0. The number of anilines is 1. The molecule has 120 valence electrons. The second-order valence-corrected chi connectivity index (χ2v) is 6.21. The van der Waals surface area contributed by atoms with Crippen molar-refractivity contribution in [1.82, 2.24) is 4.90 Å². The molecule has 0 unspecified atom stereocenters. The van der Waals surface area contributed by atoms with E-state index in [2.05, 4.69) is 5.32 Å². The van der Waals surface area contributed by atoms with Crippen molar-refractivity contribution < 1.29 is 14.4 Å². The quantitative estimate of drug-likeness (QED) is 0.687. The molecule has 2 atom stereocenters. The number of carbonyl (C=O) groups excluding carboxylic acids is 3. The maximum atomic E-state index is 12.4. The molecule has 23 heavy (non-hydrogen) atoms. The Morgan fingerprint density at radius 1 is 1.13 bits per heavy atom. The standard InChI is InChI=1S/C18H20N2O3/c1-11-6-5-9-15(12(11)2)19-16(21)10-20-17(22)13-7-3-4-8-14(13)18(20)23/h3-6,9,13-14H,7-8,10H2,1-2H3,(H,19,21)/t13-,14-/m0/s1. The second kappa shape index (κ2) is 5.99. The maximum absolute atomic E-state index is 12.4. The highest BCUT2D eigenvalue weighted by Gasteiger charge is 2.47. The number of likely N-dealkylation sites (tertiary alicyclic amines) is 1. The number of fused-ring (bicyclic) bond motifs is 1. The molecule has 0 aromatic heterocycles. The zero-order valence-electron chi connectivity index (χ0n) is 13.3. The molecule has 1 heterocycles. The van der Waals surface area contributed by atoms with Crippen molar-refractivity contribution in [3.8, 4) is 0 Å². The van der Waals surface area contributed by atoms with Crippen LogP contribution in [0.5, 0.6) is 0 Å². The van der Waals surface area contributed by atoms with Crippen molar-refractivity contribution in [2.75, 3.05) is 11.9 Å². The minimum Gasteiger partial charge on any atom is -0.324 e. The molecule has 5 nitrogen and oxygen atoms in total. The predicted molar refractivity (Wildman–Crippen MR) is 86.6 cm³/mol. The third-order valence-electron chi connectivity index (χ3n) is 4.78. The van der Waals surface area contributed by atoms with E-state index in [1.807, 2.05) is 44.2 Å². The van der Waals surface area contributed by atoms with E-state index in [4.69, 9.17) is 0 Å². The number of nitrogens with one attached hydrogen (secondary N) is 1. The Hall–Kier alpha value is -2.43. The summed E-state index contributed by atoms with van der Waals surface area (Å²) in [5.41, 5.74) is 2.78. The number of aryl methyl sites for hydroxylation is 1. The normalized spacial score (nSPS) is 23.1. The minimum absolute atomic E-state index is 0.210. The van der Waals surface area contributed by atoms with Gasteiger partial charge in [-0.25, -0.2) is 0 Å². The van der Waals surface area contributed by atoms with Gasteiger partial charge in [0.1, 0.15) is 6.54 Å². The van der Waals surface area contributed by atoms with Gasteiger partial charge in [-0.3, -0.25) is 19.3 Å². The van der Waals surface area contributed by atoms with Crippen LogP contribution in [-0.2, 0) is 14.4 Å². The lowest BCUT2D eigenvalue weighted by Crippen LogP contribution is -2.38. The van der Waals surface area contributed by atoms with Gasteiger partial charge in [-0.1, -0.05) is 24.3 Å². The van der Waals surface area contributed by atoms with Crippen molar-refractivity contribution in [3.05, 3.63) is 41.5 Å². The number of hydrogen-bond donors (Lipinski definition) is 1. The van der Waals surface area contributed by atoms with Crippen molar-refractivity contribution in [3.63, 3.8) is 0 Å². The largest absolute Gasteiger partial charge is 0.324 e. The lowest BCUT2D eigenvalue weighted by molar-refractivity contribution is -0.142. The molecule has 1 aliphatic heterocycles. The van der Waals surface area contributed by atoms with Gasteiger partial charge < -0.3 is 5.32 Å². The van der Waals surface area contributed by atoms with Crippen LogP contribution >= 0.6 is 0 Å². The summed E-state index contributed by atoms with van der Waals surface area (Å²) < 4.78 is 0. The molecule has 1 aliphatic carbocycles. The smallest absolute Gasteiger partial charge is 0.244 e. The summed E-state index contributed by atoms with van der Waals surface area (Å²) in [5.74, 6) is -1.37. The van der Waals surface area contributed by atoms with Crippen LogP contribution in [0.3, 0.4) is 0 Å². The van der Waals surface area contributed by atoms with E-state index in [9.17, 15) is 14.4 Å². The molecule has 0 saturated carbocycles. The van der Waals surface area contributed by atoms with Crippen molar-refractivity contribution in [2.24, 2.45) is 11.8 Å². The summed E-state index contributed by atoms with van der Waals surface area (Å²) in [6.07, 6.45) is 5.05. The zero-order valence-corrected chi connectivity index (χ0v) is 13.3. The molecule has 0 bridgehead atoms. The zero-order chi connectivity index (χ0) is 16.6. The van der Waals surface area contributed by atoms with E-state index in [0.29, 0.717) is 18.5 Å². The molecular formula is C18H20N2O3. The summed E-state index contributed by atoms with van der Waals surface area (Å²) in [4.78, 5) is 38.1. The molecule has 1 N–H and O–H groups in total. The first-order valence-corrected chi connectivity index (χ1v) is 7.85. The predicted octanol–water partition coefficient (Wildman–Crippen LogP) is 2.19. The maximum Gasteiger partial charge on any atom is 0.244 e. The van der Waals surface area contributed by atoms with Gasteiger partial charge in [0.25, 0.3) is 0 Å². The van der Waals surface area contributed by atoms with Crippen LogP contribution in [0.1, 0.15) is 24.0 Å². The first kappa shape index (κ1) is 15.5. The number of imide groups is 1. The van der Waals surface area contributed by atoms with Crippen LogP contribution in [0.25, 0.3) is 0 Å². The molecule has 1 fully saturated rings. The average Bonchev–Trinajstić information content (AvgIpc) is 2.77. The number of nitrogens with zero attached hydrogens (tertiary/aromatic N) is 1. The van der Waals surface area contributed by atoms with Crippen LogP contribution in [-0.4, -0.2) is 29.2 Å². The molecule has 2 aliphatic rings. The number of benzene rings is 1. The molecule has 1 aromatic rings. The highest BCUT2D eigenvalue weighted by Crippen LogP contribution is 2.34. The van der Waals surface area contributed by atoms with E-state index >= 15 is 0 Å². The Labute approximate surface area is 135 Å². The highest BCUT2D eigenvalue weighted by atomic mass is 16.2. The Balaban J connectivity index is 1.70. The number of amides is 3. The van der Waals surface area contributed by atoms with Gasteiger partial charge in [-0.2, -0.15) is 0 Å². The molecule has 0 spiro atoms. The van der Waals surface area contributed by atoms with Crippen LogP contribution in [0.2, 0.25) is 0 Å². The van der Waals surface area contributed by atoms with E-state index in [-0.39, 0.29) is 36.1 Å². The monoisotopic (exact) mass is 312 g/mol. The van der Waals surface area contributed by atoms with E-state index in [0.717, 1.165) is 16.0 Å². The molecule has 3 rings (SSSR count). The Bertz CT molecular complexity index is 682. The average molecular weight is 312 g/mol. The van der Waals surface area contributed by atoms with Crippen molar-refractivity contribution in [2.45, 2.75) is 26.7 Å². The minimum atomic E-state index is -0.341. The van der Waals surface area contributed by atoms with Gasteiger partial charge in [0.2, 0.25) is 17.7 Å². The molecule has 3 amide bonds. The lowest BCUT2D eigenvalue weighted by Gasteiger charge is -2.15.